The number of rotatable bonds is 3. The Morgan fingerprint density at radius 1 is 1.33 bits per heavy atom. The van der Waals surface area contributed by atoms with E-state index in [-0.39, 0.29) is 12.5 Å². The Morgan fingerprint density at radius 3 is 2.40 bits per heavy atom. The van der Waals surface area contributed by atoms with Gasteiger partial charge in [-0.25, -0.2) is 8.78 Å². The van der Waals surface area contributed by atoms with Crippen molar-refractivity contribution in [1.82, 2.24) is 4.90 Å². The van der Waals surface area contributed by atoms with Gasteiger partial charge in [0, 0.05) is 25.0 Å². The van der Waals surface area contributed by atoms with Gasteiger partial charge in [0.05, 0.1) is 13.2 Å². The summed E-state index contributed by atoms with van der Waals surface area (Å²) in [4.78, 5) is 2.09. The molecule has 92 valence electrons. The van der Waals surface area contributed by atoms with E-state index in [0.717, 1.165) is 6.54 Å². The molecule has 1 atom stereocenters. The van der Waals surface area contributed by atoms with Crippen molar-refractivity contribution in [1.29, 1.82) is 0 Å². The van der Waals surface area contributed by atoms with Gasteiger partial charge in [-0.05, 0) is 13.8 Å². The van der Waals surface area contributed by atoms with E-state index in [1.165, 1.54) is 0 Å². The van der Waals surface area contributed by atoms with Crippen LogP contribution in [0.25, 0.3) is 0 Å². The van der Waals surface area contributed by atoms with Crippen LogP contribution in [0.2, 0.25) is 0 Å². The SMILES string of the molecule is CC.CC(C)N1CCOCC1CC(F)F. The van der Waals surface area contributed by atoms with Gasteiger partial charge in [-0.2, -0.15) is 0 Å². The summed E-state index contributed by atoms with van der Waals surface area (Å²) >= 11 is 0. The van der Waals surface area contributed by atoms with Crippen molar-refractivity contribution in [2.45, 2.75) is 52.6 Å². The average Bonchev–Trinajstić information content (AvgIpc) is 2.20. The molecule has 0 amide bonds. The number of morpholine rings is 1. The predicted molar refractivity (Wildman–Crippen MR) is 58.4 cm³/mol. The molecule has 0 aromatic carbocycles. The van der Waals surface area contributed by atoms with E-state index < -0.39 is 6.43 Å². The van der Waals surface area contributed by atoms with Crippen molar-refractivity contribution >= 4 is 0 Å². The first kappa shape index (κ1) is 14.8. The molecule has 1 fully saturated rings. The van der Waals surface area contributed by atoms with Crippen molar-refractivity contribution in [3.8, 4) is 0 Å². The first-order valence-electron chi connectivity index (χ1n) is 5.73. The van der Waals surface area contributed by atoms with Gasteiger partial charge >= 0.3 is 0 Å². The molecule has 1 aliphatic rings. The number of alkyl halides is 2. The predicted octanol–water partition coefficient (Wildman–Crippen LogP) is 2.78. The molecule has 0 aromatic rings. The van der Waals surface area contributed by atoms with E-state index in [1.807, 2.05) is 27.7 Å². The van der Waals surface area contributed by atoms with Gasteiger partial charge in [0.2, 0.25) is 6.43 Å². The Kier molecular flexibility index (Phi) is 7.88. The van der Waals surface area contributed by atoms with Gasteiger partial charge in [-0.15, -0.1) is 0 Å². The Bertz CT molecular complexity index is 154. The number of hydrogen-bond acceptors (Lipinski definition) is 2. The highest BCUT2D eigenvalue weighted by Crippen LogP contribution is 2.17. The van der Waals surface area contributed by atoms with Crippen molar-refractivity contribution in [3.05, 3.63) is 0 Å². The summed E-state index contributed by atoms with van der Waals surface area (Å²) in [6, 6.07) is 0.224. The Morgan fingerprint density at radius 2 is 1.93 bits per heavy atom. The van der Waals surface area contributed by atoms with E-state index in [2.05, 4.69) is 4.90 Å². The molecule has 0 saturated carbocycles. The molecular formula is C11H23F2NO. The Labute approximate surface area is 91.6 Å². The van der Waals surface area contributed by atoms with Crippen LogP contribution >= 0.6 is 0 Å². The van der Waals surface area contributed by atoms with Crippen LogP contribution in [0.4, 0.5) is 8.78 Å². The van der Waals surface area contributed by atoms with Gasteiger partial charge < -0.3 is 4.74 Å². The zero-order chi connectivity index (χ0) is 11.8. The van der Waals surface area contributed by atoms with E-state index in [9.17, 15) is 8.78 Å². The normalized spacial score (nSPS) is 22.8. The third-order valence-corrected chi connectivity index (χ3v) is 2.39. The highest BCUT2D eigenvalue weighted by molar-refractivity contribution is 4.78. The molecule has 1 saturated heterocycles. The second-order valence-corrected chi connectivity index (χ2v) is 3.69. The number of nitrogens with zero attached hydrogens (tertiary/aromatic N) is 1. The first-order valence-corrected chi connectivity index (χ1v) is 5.73. The molecule has 1 aliphatic heterocycles. The summed E-state index contributed by atoms with van der Waals surface area (Å²) in [5, 5.41) is 0. The maximum absolute atomic E-state index is 12.2. The van der Waals surface area contributed by atoms with Crippen LogP contribution in [0.3, 0.4) is 0 Å². The third-order valence-electron chi connectivity index (χ3n) is 2.39. The van der Waals surface area contributed by atoms with Crippen LogP contribution in [0, 0.1) is 0 Å². The minimum atomic E-state index is -2.23. The van der Waals surface area contributed by atoms with Crippen LogP contribution in [0.15, 0.2) is 0 Å². The van der Waals surface area contributed by atoms with Crippen molar-refractivity contribution < 1.29 is 13.5 Å². The monoisotopic (exact) mass is 223 g/mol. The molecule has 0 aliphatic carbocycles. The van der Waals surface area contributed by atoms with Gasteiger partial charge in [-0.3, -0.25) is 4.90 Å². The largest absolute Gasteiger partial charge is 0.378 e. The maximum atomic E-state index is 12.2. The van der Waals surface area contributed by atoms with Crippen LogP contribution in [-0.4, -0.2) is 43.2 Å². The highest BCUT2D eigenvalue weighted by Gasteiger charge is 2.27. The molecule has 0 aromatic heterocycles. The maximum Gasteiger partial charge on any atom is 0.240 e. The quantitative estimate of drug-likeness (QED) is 0.729. The summed E-state index contributed by atoms with van der Waals surface area (Å²) in [6.45, 7) is 9.95. The standard InChI is InChI=1S/C9H17F2NO.C2H6/c1-7(2)12-3-4-13-6-8(12)5-9(10)11;1-2/h7-9H,3-6H2,1-2H3;1-2H3. The molecule has 0 bridgehead atoms. The topological polar surface area (TPSA) is 12.5 Å². The molecule has 0 radical (unpaired) electrons. The summed E-state index contributed by atoms with van der Waals surface area (Å²) < 4.78 is 29.5. The lowest BCUT2D eigenvalue weighted by Crippen LogP contribution is -2.49. The van der Waals surface area contributed by atoms with Crippen LogP contribution in [-0.2, 0) is 4.74 Å². The lowest BCUT2D eigenvalue weighted by molar-refractivity contribution is -0.0436. The first-order chi connectivity index (χ1) is 7.11. The van der Waals surface area contributed by atoms with Crippen molar-refractivity contribution in [2.75, 3.05) is 19.8 Å². The number of halogens is 2. The van der Waals surface area contributed by atoms with Crippen molar-refractivity contribution in [2.24, 2.45) is 0 Å². The summed E-state index contributed by atoms with van der Waals surface area (Å²) in [5.74, 6) is 0. The molecular weight excluding hydrogens is 200 g/mol. The third kappa shape index (κ3) is 5.42. The van der Waals surface area contributed by atoms with Crippen LogP contribution in [0.5, 0.6) is 0 Å². The van der Waals surface area contributed by atoms with Gasteiger partial charge in [0.15, 0.2) is 0 Å². The Balaban J connectivity index is 0.000000921. The Hall–Kier alpha value is -0.220. The summed E-state index contributed by atoms with van der Waals surface area (Å²) in [6.07, 6.45) is -2.30. The molecule has 0 spiro atoms. The van der Waals surface area contributed by atoms with E-state index in [0.29, 0.717) is 19.3 Å². The fraction of sp³-hybridized carbons (Fsp3) is 1.00. The molecule has 0 N–H and O–H groups in total. The lowest BCUT2D eigenvalue weighted by Gasteiger charge is -2.38. The van der Waals surface area contributed by atoms with E-state index in [4.69, 9.17) is 4.74 Å². The fourth-order valence-electron chi connectivity index (χ4n) is 1.76. The minimum Gasteiger partial charge on any atom is -0.378 e. The molecule has 1 unspecified atom stereocenters. The molecule has 1 rings (SSSR count). The highest BCUT2D eigenvalue weighted by atomic mass is 19.3. The second-order valence-electron chi connectivity index (χ2n) is 3.69. The van der Waals surface area contributed by atoms with Gasteiger partial charge in [-0.1, -0.05) is 13.8 Å². The van der Waals surface area contributed by atoms with Crippen molar-refractivity contribution in [3.63, 3.8) is 0 Å². The van der Waals surface area contributed by atoms with Crippen LogP contribution < -0.4 is 0 Å². The van der Waals surface area contributed by atoms with Gasteiger partial charge in [0.1, 0.15) is 0 Å². The number of hydrogen-bond donors (Lipinski definition) is 0. The lowest BCUT2D eigenvalue weighted by atomic mass is 10.1. The van der Waals surface area contributed by atoms with Gasteiger partial charge in [0.25, 0.3) is 0 Å². The second kappa shape index (κ2) is 7.99. The molecule has 4 heteroatoms. The zero-order valence-corrected chi connectivity index (χ0v) is 10.2. The van der Waals surface area contributed by atoms with E-state index >= 15 is 0 Å². The summed E-state index contributed by atoms with van der Waals surface area (Å²) in [5.41, 5.74) is 0. The molecule has 15 heavy (non-hydrogen) atoms. The van der Waals surface area contributed by atoms with Crippen LogP contribution in [0.1, 0.15) is 34.1 Å². The minimum absolute atomic E-state index is 0.0713. The smallest absolute Gasteiger partial charge is 0.240 e. The molecule has 1 heterocycles. The number of ether oxygens (including phenoxy) is 1. The average molecular weight is 223 g/mol. The fourth-order valence-corrected chi connectivity index (χ4v) is 1.76. The molecule has 2 nitrogen and oxygen atoms in total. The zero-order valence-electron chi connectivity index (χ0n) is 10.2. The summed E-state index contributed by atoms with van der Waals surface area (Å²) in [7, 11) is 0. The van der Waals surface area contributed by atoms with E-state index in [1.54, 1.807) is 0 Å².